The van der Waals surface area contributed by atoms with Crippen molar-refractivity contribution in [2.45, 2.75) is 76.3 Å². The van der Waals surface area contributed by atoms with Crippen LogP contribution in [0.3, 0.4) is 0 Å². The van der Waals surface area contributed by atoms with Gasteiger partial charge in [-0.25, -0.2) is 0 Å². The summed E-state index contributed by atoms with van der Waals surface area (Å²) in [5.74, 6) is -0.0899. The highest BCUT2D eigenvalue weighted by atomic mass is 35.5. The Kier molecular flexibility index (Phi) is 12.3. The Morgan fingerprint density at radius 1 is 1.15 bits per heavy atom. The number of benzene rings is 2. The Bertz CT molecular complexity index is 1160. The van der Waals surface area contributed by atoms with Gasteiger partial charge in [-0.2, -0.15) is 0 Å². The minimum absolute atomic E-state index is 0.0142. The molecule has 1 aliphatic rings. The zero-order valence-corrected chi connectivity index (χ0v) is 24.3. The minimum atomic E-state index is -1.55. The van der Waals surface area contributed by atoms with Crippen molar-refractivity contribution in [3.05, 3.63) is 87.8 Å². The topological polar surface area (TPSA) is 83.8 Å². The van der Waals surface area contributed by atoms with E-state index in [0.717, 1.165) is 31.2 Å². The lowest BCUT2D eigenvalue weighted by atomic mass is 9.83. The van der Waals surface area contributed by atoms with Gasteiger partial charge >= 0.3 is 0 Å². The van der Waals surface area contributed by atoms with Crippen molar-refractivity contribution in [1.82, 2.24) is 0 Å². The average Bonchev–Trinajstić information content (AvgIpc) is 3.17. The molecule has 0 spiro atoms. The van der Waals surface area contributed by atoms with Gasteiger partial charge in [0.2, 0.25) is 0 Å². The molecule has 0 aliphatic heterocycles. The lowest BCUT2D eigenvalue weighted by Crippen LogP contribution is -2.42. The van der Waals surface area contributed by atoms with Crippen LogP contribution in [0.4, 0.5) is 0 Å². The van der Waals surface area contributed by atoms with E-state index < -0.39 is 17.6 Å². The molecule has 7 heteroatoms. The molecule has 0 saturated heterocycles. The normalized spacial score (nSPS) is 19.9. The van der Waals surface area contributed by atoms with E-state index in [0.29, 0.717) is 46.4 Å². The molecule has 0 bridgehead atoms. The third-order valence-corrected chi connectivity index (χ3v) is 8.19. The third kappa shape index (κ3) is 9.35. The summed E-state index contributed by atoms with van der Waals surface area (Å²) in [6, 6.07) is 14.4. The molecule has 0 saturated carbocycles. The highest BCUT2D eigenvalue weighted by Crippen LogP contribution is 2.41. The predicted molar refractivity (Wildman–Crippen MR) is 159 cm³/mol. The van der Waals surface area contributed by atoms with Crippen molar-refractivity contribution in [2.75, 3.05) is 6.61 Å². The van der Waals surface area contributed by atoms with Gasteiger partial charge < -0.3 is 14.9 Å². The Balaban J connectivity index is 1.66. The third-order valence-electron chi connectivity index (χ3n) is 6.83. The van der Waals surface area contributed by atoms with Gasteiger partial charge in [0.05, 0.1) is 23.5 Å². The fraction of sp³-hybridized carbons (Fsp3) is 0.438. The van der Waals surface area contributed by atoms with Gasteiger partial charge in [-0.3, -0.25) is 9.59 Å². The number of aliphatic hydroxyl groups is 2. The molecule has 2 aromatic carbocycles. The standard InChI is InChI=1S/C32H39ClO5S/c1-3-4-5-6-7-8-18-32(37)21-29(39-22-24-11-9-12-25(20-24)23(2)34)31(36)30(32)28(35)13-10-19-38-27-16-14-26(33)15-17-27/h8-9,11-12,14-18,20-21,28,30,35,37H,3-7,10,13,19,22H2,1-2H3. The lowest BCUT2D eigenvalue weighted by molar-refractivity contribution is -0.127. The fourth-order valence-electron chi connectivity index (χ4n) is 4.66. The van der Waals surface area contributed by atoms with Crippen LogP contribution in [0.5, 0.6) is 5.75 Å². The predicted octanol–water partition coefficient (Wildman–Crippen LogP) is 7.34. The first-order chi connectivity index (χ1) is 18.7. The molecule has 0 amide bonds. The smallest absolute Gasteiger partial charge is 0.178 e. The number of thioether (sulfide) groups is 1. The molecule has 39 heavy (non-hydrogen) atoms. The lowest BCUT2D eigenvalue weighted by Gasteiger charge is -2.29. The molecule has 3 rings (SSSR count). The molecule has 2 aromatic rings. The summed E-state index contributed by atoms with van der Waals surface area (Å²) in [5, 5.41) is 23.3. The van der Waals surface area contributed by atoms with Crippen LogP contribution in [-0.2, 0) is 10.5 Å². The molecular formula is C32H39ClO5S. The van der Waals surface area contributed by atoms with Crippen LogP contribution in [0.25, 0.3) is 0 Å². The average molecular weight is 571 g/mol. The van der Waals surface area contributed by atoms with E-state index in [9.17, 15) is 19.8 Å². The largest absolute Gasteiger partial charge is 0.494 e. The summed E-state index contributed by atoms with van der Waals surface area (Å²) in [6.45, 7) is 4.05. The number of unbranched alkanes of at least 4 members (excludes halogenated alkanes) is 4. The first-order valence-corrected chi connectivity index (χ1v) is 15.1. The van der Waals surface area contributed by atoms with Crippen LogP contribution in [0.1, 0.15) is 74.7 Å². The van der Waals surface area contributed by atoms with Crippen LogP contribution in [0, 0.1) is 5.92 Å². The number of ketones is 2. The van der Waals surface area contributed by atoms with E-state index in [1.165, 1.54) is 25.1 Å². The maximum Gasteiger partial charge on any atom is 0.178 e. The highest BCUT2D eigenvalue weighted by Gasteiger charge is 2.48. The summed E-state index contributed by atoms with van der Waals surface area (Å²) in [7, 11) is 0. The van der Waals surface area contributed by atoms with Gasteiger partial charge in [-0.05, 0) is 74.6 Å². The molecule has 5 nitrogen and oxygen atoms in total. The minimum Gasteiger partial charge on any atom is -0.494 e. The number of carbonyl (C=O) groups is 2. The molecule has 0 heterocycles. The molecule has 1 aliphatic carbocycles. The Morgan fingerprint density at radius 3 is 2.64 bits per heavy atom. The van der Waals surface area contributed by atoms with E-state index >= 15 is 0 Å². The number of hydrogen-bond acceptors (Lipinski definition) is 6. The molecule has 2 N–H and O–H groups in total. The molecule has 0 fully saturated rings. The molecule has 3 atom stereocenters. The fourth-order valence-corrected chi connectivity index (χ4v) is 5.83. The van der Waals surface area contributed by atoms with Crippen molar-refractivity contribution < 1.29 is 24.5 Å². The van der Waals surface area contributed by atoms with E-state index in [4.69, 9.17) is 16.3 Å². The van der Waals surface area contributed by atoms with Gasteiger partial charge in [0.1, 0.15) is 11.4 Å². The second-order valence-electron chi connectivity index (χ2n) is 10.0. The van der Waals surface area contributed by atoms with E-state index in [2.05, 4.69) is 6.92 Å². The molecule has 0 radical (unpaired) electrons. The van der Waals surface area contributed by atoms with E-state index in [1.54, 1.807) is 42.5 Å². The zero-order chi connectivity index (χ0) is 28.3. The van der Waals surface area contributed by atoms with E-state index in [1.807, 2.05) is 24.3 Å². The van der Waals surface area contributed by atoms with Crippen molar-refractivity contribution in [3.8, 4) is 5.75 Å². The van der Waals surface area contributed by atoms with Crippen LogP contribution in [0.2, 0.25) is 5.02 Å². The van der Waals surface area contributed by atoms with Crippen molar-refractivity contribution in [1.29, 1.82) is 0 Å². The molecular weight excluding hydrogens is 532 g/mol. The quantitative estimate of drug-likeness (QED) is 0.125. The van der Waals surface area contributed by atoms with Crippen LogP contribution in [-0.4, -0.2) is 40.1 Å². The van der Waals surface area contributed by atoms with Crippen molar-refractivity contribution >= 4 is 34.9 Å². The Hall–Kier alpha value is -2.38. The summed E-state index contributed by atoms with van der Waals surface area (Å²) in [4.78, 5) is 25.7. The van der Waals surface area contributed by atoms with Crippen LogP contribution < -0.4 is 4.74 Å². The SMILES string of the molecule is CCCCCCC=CC1(O)C=C(SCc2cccc(C(C)=O)c2)C(=O)C1C(O)CCCOc1ccc(Cl)cc1. The maximum atomic E-state index is 13.5. The number of carbonyl (C=O) groups excluding carboxylic acids is 2. The van der Waals surface area contributed by atoms with Gasteiger partial charge in [0, 0.05) is 16.3 Å². The zero-order valence-electron chi connectivity index (χ0n) is 22.8. The Morgan fingerprint density at radius 2 is 1.92 bits per heavy atom. The number of Topliss-reactive ketones (excluding diaryl/α,β-unsaturated/α-hetero) is 2. The monoisotopic (exact) mass is 570 g/mol. The number of hydrogen-bond donors (Lipinski definition) is 2. The number of halogens is 1. The molecule has 3 unspecified atom stereocenters. The number of aliphatic hydroxyl groups excluding tert-OH is 1. The summed E-state index contributed by atoms with van der Waals surface area (Å²) in [6.07, 6.45) is 10.3. The van der Waals surface area contributed by atoms with E-state index in [-0.39, 0.29) is 11.6 Å². The number of allylic oxidation sites excluding steroid dienone is 2. The van der Waals surface area contributed by atoms with Crippen molar-refractivity contribution in [3.63, 3.8) is 0 Å². The summed E-state index contributed by atoms with van der Waals surface area (Å²) >= 11 is 7.24. The first kappa shape index (κ1) is 31.2. The first-order valence-electron chi connectivity index (χ1n) is 13.7. The van der Waals surface area contributed by atoms with Gasteiger partial charge in [-0.15, -0.1) is 11.8 Å². The number of rotatable bonds is 16. The second-order valence-corrected chi connectivity index (χ2v) is 11.5. The van der Waals surface area contributed by atoms with Crippen LogP contribution in [0.15, 0.2) is 71.7 Å². The van der Waals surface area contributed by atoms with Gasteiger partial charge in [0.25, 0.3) is 0 Å². The van der Waals surface area contributed by atoms with Gasteiger partial charge in [-0.1, -0.05) is 68.1 Å². The second kappa shape index (κ2) is 15.4. The highest BCUT2D eigenvalue weighted by molar-refractivity contribution is 8.03. The number of ether oxygens (including phenoxy) is 1. The Labute approximate surface area is 241 Å². The van der Waals surface area contributed by atoms with Crippen molar-refractivity contribution in [2.24, 2.45) is 5.92 Å². The molecule has 0 aromatic heterocycles. The maximum absolute atomic E-state index is 13.5. The van der Waals surface area contributed by atoms with Gasteiger partial charge in [0.15, 0.2) is 11.6 Å². The summed E-state index contributed by atoms with van der Waals surface area (Å²) < 4.78 is 5.73. The van der Waals surface area contributed by atoms with Crippen LogP contribution >= 0.6 is 23.4 Å². The molecule has 210 valence electrons. The summed E-state index contributed by atoms with van der Waals surface area (Å²) in [5.41, 5.74) is -0.0156.